The van der Waals surface area contributed by atoms with Gasteiger partial charge in [-0.1, -0.05) is 18.2 Å². The highest BCUT2D eigenvalue weighted by molar-refractivity contribution is 5.75. The SMILES string of the molecule is C1=CC2=c3ccccc3=NC2=C[N]1. The average molecular weight is 167 g/mol. The second-order valence-electron chi connectivity index (χ2n) is 3.02. The minimum Gasteiger partial charge on any atom is -0.262 e. The summed E-state index contributed by atoms with van der Waals surface area (Å²) in [4.78, 5) is 4.45. The van der Waals surface area contributed by atoms with Crippen LogP contribution in [0, 0.1) is 0 Å². The topological polar surface area (TPSA) is 26.5 Å². The van der Waals surface area contributed by atoms with Crippen molar-refractivity contribution in [3.05, 3.63) is 59.0 Å². The highest BCUT2D eigenvalue weighted by Crippen LogP contribution is 2.16. The van der Waals surface area contributed by atoms with Crippen molar-refractivity contribution in [2.75, 3.05) is 0 Å². The second-order valence-corrected chi connectivity index (χ2v) is 3.02. The predicted molar refractivity (Wildman–Crippen MR) is 50.0 cm³/mol. The molecule has 2 aliphatic rings. The fraction of sp³-hybridized carbons (Fsp3) is 0. The molecule has 0 aliphatic carbocycles. The van der Waals surface area contributed by atoms with Gasteiger partial charge < -0.3 is 0 Å². The van der Waals surface area contributed by atoms with Crippen molar-refractivity contribution in [1.82, 2.24) is 5.32 Å². The van der Waals surface area contributed by atoms with Crippen molar-refractivity contribution in [1.29, 1.82) is 0 Å². The standard InChI is InChI=1S/C11H7N2/c1-2-4-10-8(3-1)9-5-6-12-7-11(9)13-10/h1-7H. The Balaban J connectivity index is 2.50. The van der Waals surface area contributed by atoms with Crippen LogP contribution >= 0.6 is 0 Å². The fourth-order valence-electron chi connectivity index (χ4n) is 1.63. The molecule has 13 heavy (non-hydrogen) atoms. The fourth-order valence-corrected chi connectivity index (χ4v) is 1.63. The maximum atomic E-state index is 4.45. The van der Waals surface area contributed by atoms with E-state index in [9.17, 15) is 0 Å². The lowest BCUT2D eigenvalue weighted by molar-refractivity contribution is 1.11. The van der Waals surface area contributed by atoms with Crippen LogP contribution in [0.4, 0.5) is 0 Å². The smallest absolute Gasteiger partial charge is 0.0899 e. The number of hydrogen-bond acceptors (Lipinski definition) is 1. The molecule has 2 aliphatic heterocycles. The monoisotopic (exact) mass is 167 g/mol. The van der Waals surface area contributed by atoms with Gasteiger partial charge in [-0.25, -0.2) is 4.99 Å². The molecule has 0 atom stereocenters. The molecule has 2 heteroatoms. The third-order valence-corrected chi connectivity index (χ3v) is 2.24. The molecule has 2 heterocycles. The molecule has 0 saturated carbocycles. The van der Waals surface area contributed by atoms with Crippen LogP contribution in [0.5, 0.6) is 0 Å². The van der Waals surface area contributed by atoms with Gasteiger partial charge in [0, 0.05) is 17.0 Å². The molecule has 3 rings (SSSR count). The quantitative estimate of drug-likeness (QED) is 0.536. The second kappa shape index (κ2) is 2.33. The molecular weight excluding hydrogens is 160 g/mol. The molecule has 0 unspecified atom stereocenters. The number of benzene rings is 1. The van der Waals surface area contributed by atoms with E-state index >= 15 is 0 Å². The molecule has 0 spiro atoms. The van der Waals surface area contributed by atoms with Gasteiger partial charge in [-0.3, -0.25) is 5.32 Å². The first-order valence-electron chi connectivity index (χ1n) is 4.20. The average Bonchev–Trinajstić information content (AvgIpc) is 2.56. The van der Waals surface area contributed by atoms with Crippen LogP contribution in [-0.4, -0.2) is 0 Å². The van der Waals surface area contributed by atoms with Crippen LogP contribution in [0.15, 0.2) is 53.4 Å². The lowest BCUT2D eigenvalue weighted by Crippen LogP contribution is -2.21. The van der Waals surface area contributed by atoms with Gasteiger partial charge in [-0.15, -0.1) is 0 Å². The van der Waals surface area contributed by atoms with Crippen molar-refractivity contribution in [2.45, 2.75) is 0 Å². The van der Waals surface area contributed by atoms with Crippen molar-refractivity contribution in [2.24, 2.45) is 4.99 Å². The van der Waals surface area contributed by atoms with Crippen LogP contribution in [0.25, 0.3) is 5.57 Å². The van der Waals surface area contributed by atoms with E-state index in [1.807, 2.05) is 24.3 Å². The third kappa shape index (κ3) is 0.855. The molecule has 2 nitrogen and oxygen atoms in total. The van der Waals surface area contributed by atoms with Crippen molar-refractivity contribution in [3.63, 3.8) is 0 Å². The van der Waals surface area contributed by atoms with Crippen molar-refractivity contribution in [3.8, 4) is 0 Å². The summed E-state index contributed by atoms with van der Waals surface area (Å²) in [5.41, 5.74) is 2.16. The number of allylic oxidation sites excluding steroid dienone is 1. The van der Waals surface area contributed by atoms with Gasteiger partial charge in [0.2, 0.25) is 0 Å². The molecule has 0 amide bonds. The minimum absolute atomic E-state index is 0.976. The summed E-state index contributed by atoms with van der Waals surface area (Å²) in [6, 6.07) is 8.14. The number of fused-ring (bicyclic) bond motifs is 2. The molecule has 0 aromatic heterocycles. The molecule has 0 saturated heterocycles. The Morgan fingerprint density at radius 3 is 3.00 bits per heavy atom. The molecular formula is C11H7N2. The Morgan fingerprint density at radius 1 is 1.08 bits per heavy atom. The van der Waals surface area contributed by atoms with E-state index in [4.69, 9.17) is 0 Å². The number of rotatable bonds is 0. The van der Waals surface area contributed by atoms with Crippen LogP contribution in [-0.2, 0) is 0 Å². The maximum absolute atomic E-state index is 4.45. The van der Waals surface area contributed by atoms with Gasteiger partial charge in [-0.05, 0) is 12.1 Å². The van der Waals surface area contributed by atoms with Gasteiger partial charge >= 0.3 is 0 Å². The Labute approximate surface area is 75.6 Å². The zero-order valence-electron chi connectivity index (χ0n) is 6.94. The van der Waals surface area contributed by atoms with Crippen LogP contribution < -0.4 is 15.9 Å². The summed E-state index contributed by atoms with van der Waals surface area (Å²) >= 11 is 0. The van der Waals surface area contributed by atoms with E-state index in [0.29, 0.717) is 0 Å². The summed E-state index contributed by atoms with van der Waals surface area (Å²) in [5, 5.41) is 6.30. The van der Waals surface area contributed by atoms with E-state index in [1.165, 1.54) is 10.8 Å². The Hall–Kier alpha value is -1.83. The first kappa shape index (κ1) is 6.66. The van der Waals surface area contributed by atoms with Gasteiger partial charge in [0.25, 0.3) is 0 Å². The maximum Gasteiger partial charge on any atom is 0.0899 e. The van der Waals surface area contributed by atoms with E-state index in [0.717, 1.165) is 11.1 Å². The zero-order chi connectivity index (χ0) is 8.67. The van der Waals surface area contributed by atoms with E-state index in [-0.39, 0.29) is 0 Å². The Bertz CT molecular complexity index is 535. The normalized spacial score (nSPS) is 16.9. The molecule has 0 bridgehead atoms. The van der Waals surface area contributed by atoms with Crippen molar-refractivity contribution >= 4 is 5.57 Å². The van der Waals surface area contributed by atoms with E-state index in [2.05, 4.69) is 16.4 Å². The van der Waals surface area contributed by atoms with Gasteiger partial charge in [0.1, 0.15) is 0 Å². The molecule has 0 fully saturated rings. The number of nitrogens with zero attached hydrogens (tertiary/aromatic N) is 2. The number of para-hydroxylation sites is 1. The summed E-state index contributed by atoms with van der Waals surface area (Å²) in [6.07, 6.45) is 5.61. The van der Waals surface area contributed by atoms with Crippen molar-refractivity contribution < 1.29 is 0 Å². The Morgan fingerprint density at radius 2 is 2.00 bits per heavy atom. The van der Waals surface area contributed by atoms with E-state index < -0.39 is 0 Å². The molecule has 61 valence electrons. The Kier molecular flexibility index (Phi) is 1.19. The van der Waals surface area contributed by atoms with Crippen LogP contribution in [0.3, 0.4) is 0 Å². The van der Waals surface area contributed by atoms with Crippen LogP contribution in [0.2, 0.25) is 0 Å². The lowest BCUT2D eigenvalue weighted by Gasteiger charge is -2.01. The summed E-state index contributed by atoms with van der Waals surface area (Å²) < 4.78 is 0. The first-order chi connectivity index (χ1) is 6.45. The lowest BCUT2D eigenvalue weighted by atomic mass is 10.1. The molecule has 1 radical (unpaired) electrons. The number of hydrogen-bond donors (Lipinski definition) is 0. The molecule has 0 N–H and O–H groups in total. The third-order valence-electron chi connectivity index (χ3n) is 2.24. The minimum atomic E-state index is 0.976. The zero-order valence-corrected chi connectivity index (χ0v) is 6.94. The highest BCUT2D eigenvalue weighted by atomic mass is 14.9. The predicted octanol–water partition coefficient (Wildman–Crippen LogP) is 0.444. The highest BCUT2D eigenvalue weighted by Gasteiger charge is 2.11. The molecule has 1 aromatic carbocycles. The molecule has 1 aromatic rings. The van der Waals surface area contributed by atoms with Crippen LogP contribution in [0.1, 0.15) is 0 Å². The van der Waals surface area contributed by atoms with Gasteiger partial charge in [-0.2, -0.15) is 0 Å². The largest absolute Gasteiger partial charge is 0.262 e. The van der Waals surface area contributed by atoms with Gasteiger partial charge in [0.05, 0.1) is 17.3 Å². The summed E-state index contributed by atoms with van der Waals surface area (Å²) in [7, 11) is 0. The summed E-state index contributed by atoms with van der Waals surface area (Å²) in [6.45, 7) is 0. The first-order valence-corrected chi connectivity index (χ1v) is 4.20. The van der Waals surface area contributed by atoms with E-state index in [1.54, 1.807) is 12.4 Å². The van der Waals surface area contributed by atoms with Gasteiger partial charge in [0.15, 0.2) is 0 Å². The summed E-state index contributed by atoms with van der Waals surface area (Å²) in [5.74, 6) is 0.